The fraction of sp³-hybridized carbons (Fsp3) is 0.154. The molecule has 0 saturated carbocycles. The van der Waals surface area contributed by atoms with Gasteiger partial charge < -0.3 is 20.1 Å². The van der Waals surface area contributed by atoms with E-state index in [9.17, 15) is 4.79 Å². The van der Waals surface area contributed by atoms with Gasteiger partial charge >= 0.3 is 0 Å². The molecular weight excluding hydrogens is 434 g/mol. The lowest BCUT2D eigenvalue weighted by Crippen LogP contribution is -2.48. The first-order valence-corrected chi connectivity index (χ1v) is 10.9. The molecule has 0 bridgehead atoms. The van der Waals surface area contributed by atoms with Crippen LogP contribution in [0.4, 0.5) is 11.4 Å². The van der Waals surface area contributed by atoms with Crippen molar-refractivity contribution >= 4 is 34.6 Å². The number of rotatable bonds is 6. The Morgan fingerprint density at radius 3 is 2.30 bits per heavy atom. The van der Waals surface area contributed by atoms with Gasteiger partial charge in [-0.25, -0.2) is 0 Å². The number of carbonyl (C=O) groups is 1. The van der Waals surface area contributed by atoms with Gasteiger partial charge in [0.15, 0.2) is 5.11 Å². The first kappa shape index (κ1) is 22.4. The van der Waals surface area contributed by atoms with Gasteiger partial charge in [0.05, 0.1) is 25.8 Å². The zero-order valence-corrected chi connectivity index (χ0v) is 19.5. The highest BCUT2D eigenvalue weighted by Crippen LogP contribution is 2.35. The quantitative estimate of drug-likeness (QED) is 0.503. The lowest BCUT2D eigenvalue weighted by atomic mass is 9.94. The molecule has 1 aliphatic heterocycles. The smallest absolute Gasteiger partial charge is 0.255 e. The number of allylic oxidation sites excluding steroid dienone is 1. The van der Waals surface area contributed by atoms with Crippen LogP contribution in [0.5, 0.6) is 11.5 Å². The molecule has 0 aliphatic carbocycles. The molecule has 0 radical (unpaired) electrons. The summed E-state index contributed by atoms with van der Waals surface area (Å²) in [5.74, 6) is 1.19. The molecule has 0 saturated heterocycles. The summed E-state index contributed by atoms with van der Waals surface area (Å²) >= 11 is 5.73. The summed E-state index contributed by atoms with van der Waals surface area (Å²) in [6, 6.07) is 24.3. The highest BCUT2D eigenvalue weighted by molar-refractivity contribution is 7.80. The van der Waals surface area contributed by atoms with Crippen molar-refractivity contribution in [1.29, 1.82) is 0 Å². The van der Waals surface area contributed by atoms with Gasteiger partial charge in [0.2, 0.25) is 0 Å². The van der Waals surface area contributed by atoms with E-state index in [1.54, 1.807) is 20.3 Å². The molecule has 1 aliphatic rings. The first-order valence-electron chi connectivity index (χ1n) is 10.5. The second kappa shape index (κ2) is 9.75. The predicted molar refractivity (Wildman–Crippen MR) is 135 cm³/mol. The summed E-state index contributed by atoms with van der Waals surface area (Å²) in [5, 5.41) is 6.90. The van der Waals surface area contributed by atoms with Crippen molar-refractivity contribution in [2.45, 2.75) is 13.0 Å². The number of benzene rings is 3. The first-order chi connectivity index (χ1) is 16.0. The molecule has 168 valence electrons. The monoisotopic (exact) mass is 459 g/mol. The molecule has 1 heterocycles. The number of thiocarbonyl (C=S) groups is 1. The molecular formula is C26H25N3O3S. The van der Waals surface area contributed by atoms with Gasteiger partial charge in [-0.3, -0.25) is 9.69 Å². The number of nitrogens with one attached hydrogen (secondary N) is 2. The Balaban J connectivity index is 1.77. The highest BCUT2D eigenvalue weighted by atomic mass is 32.1. The Morgan fingerprint density at radius 2 is 1.64 bits per heavy atom. The molecule has 6 nitrogen and oxygen atoms in total. The topological polar surface area (TPSA) is 62.8 Å². The zero-order valence-electron chi connectivity index (χ0n) is 18.7. The number of hydrogen-bond donors (Lipinski definition) is 2. The summed E-state index contributed by atoms with van der Waals surface area (Å²) in [6.45, 7) is 1.91. The molecule has 7 heteroatoms. The van der Waals surface area contributed by atoms with E-state index < -0.39 is 0 Å². The van der Waals surface area contributed by atoms with Crippen LogP contribution in [-0.4, -0.2) is 25.2 Å². The molecule has 0 aromatic heterocycles. The summed E-state index contributed by atoms with van der Waals surface area (Å²) in [5.41, 5.74) is 3.76. The Bertz CT molecular complexity index is 1190. The van der Waals surface area contributed by atoms with E-state index in [1.807, 2.05) is 84.6 Å². The van der Waals surface area contributed by atoms with E-state index in [4.69, 9.17) is 21.7 Å². The van der Waals surface area contributed by atoms with E-state index in [-0.39, 0.29) is 11.9 Å². The standard InChI is InChI=1S/C26H25N3O3S/c1-17-23(25(30)27-19-10-7-11-22(16-19)32-3)24(18-8-5-4-6-9-18)28-26(33)29(17)20-12-14-21(31-2)15-13-20/h4-16,24H,1-3H3,(H,27,30)(H,28,33). The Kier molecular flexibility index (Phi) is 6.60. The largest absolute Gasteiger partial charge is 0.497 e. The van der Waals surface area contributed by atoms with Crippen LogP contribution in [0.2, 0.25) is 0 Å². The van der Waals surface area contributed by atoms with E-state index in [0.717, 1.165) is 22.7 Å². The van der Waals surface area contributed by atoms with Crippen LogP contribution in [0.25, 0.3) is 0 Å². The zero-order chi connectivity index (χ0) is 23.4. The van der Waals surface area contributed by atoms with Crippen molar-refractivity contribution in [3.8, 4) is 11.5 Å². The van der Waals surface area contributed by atoms with Crippen LogP contribution in [0.15, 0.2) is 90.1 Å². The van der Waals surface area contributed by atoms with Crippen LogP contribution in [0.1, 0.15) is 18.5 Å². The van der Waals surface area contributed by atoms with Crippen LogP contribution >= 0.6 is 12.2 Å². The van der Waals surface area contributed by atoms with Gasteiger partial charge in [0.1, 0.15) is 11.5 Å². The molecule has 1 atom stereocenters. The van der Waals surface area contributed by atoms with Crippen LogP contribution < -0.4 is 25.0 Å². The maximum Gasteiger partial charge on any atom is 0.255 e. The fourth-order valence-corrected chi connectivity index (χ4v) is 4.23. The van der Waals surface area contributed by atoms with E-state index in [0.29, 0.717) is 22.1 Å². The normalized spacial score (nSPS) is 15.7. The van der Waals surface area contributed by atoms with Gasteiger partial charge in [0, 0.05) is 23.1 Å². The lowest BCUT2D eigenvalue weighted by Gasteiger charge is -2.38. The fourth-order valence-electron chi connectivity index (χ4n) is 3.87. The molecule has 4 rings (SSSR count). The summed E-state index contributed by atoms with van der Waals surface area (Å²) < 4.78 is 10.6. The molecule has 1 unspecified atom stereocenters. The molecule has 3 aromatic carbocycles. The lowest BCUT2D eigenvalue weighted by molar-refractivity contribution is -0.113. The molecule has 3 aromatic rings. The Morgan fingerprint density at radius 1 is 0.939 bits per heavy atom. The van der Waals surface area contributed by atoms with Gasteiger partial charge in [-0.05, 0) is 61.1 Å². The summed E-state index contributed by atoms with van der Waals surface area (Å²) in [7, 11) is 3.22. The van der Waals surface area contributed by atoms with Gasteiger partial charge in [-0.2, -0.15) is 0 Å². The molecule has 33 heavy (non-hydrogen) atoms. The maximum atomic E-state index is 13.6. The van der Waals surface area contributed by atoms with E-state index >= 15 is 0 Å². The number of methoxy groups -OCH3 is 2. The van der Waals surface area contributed by atoms with E-state index in [2.05, 4.69) is 10.6 Å². The SMILES string of the molecule is COc1ccc(N2C(=S)NC(c3ccccc3)C(C(=O)Nc3cccc(OC)c3)=C2C)cc1. The van der Waals surface area contributed by atoms with Crippen molar-refractivity contribution in [2.24, 2.45) is 0 Å². The van der Waals surface area contributed by atoms with Crippen LogP contribution in [0.3, 0.4) is 0 Å². The molecule has 1 amide bonds. The number of nitrogens with zero attached hydrogens (tertiary/aromatic N) is 1. The number of anilines is 2. The minimum atomic E-state index is -0.390. The average Bonchev–Trinajstić information content (AvgIpc) is 2.84. The second-order valence-corrected chi connectivity index (χ2v) is 7.90. The minimum Gasteiger partial charge on any atom is -0.497 e. The number of carbonyl (C=O) groups excluding carboxylic acids is 1. The Hall–Kier alpha value is -3.84. The third-order valence-electron chi connectivity index (χ3n) is 5.52. The molecule has 0 spiro atoms. The highest BCUT2D eigenvalue weighted by Gasteiger charge is 2.34. The van der Waals surface area contributed by atoms with Gasteiger partial charge in [-0.1, -0.05) is 36.4 Å². The average molecular weight is 460 g/mol. The second-order valence-electron chi connectivity index (χ2n) is 7.51. The minimum absolute atomic E-state index is 0.219. The summed E-state index contributed by atoms with van der Waals surface area (Å²) in [4.78, 5) is 15.5. The van der Waals surface area contributed by atoms with Crippen LogP contribution in [0, 0.1) is 0 Å². The van der Waals surface area contributed by atoms with E-state index in [1.165, 1.54) is 0 Å². The molecule has 2 N–H and O–H groups in total. The van der Waals surface area contributed by atoms with Crippen molar-refractivity contribution < 1.29 is 14.3 Å². The van der Waals surface area contributed by atoms with Crippen molar-refractivity contribution in [3.63, 3.8) is 0 Å². The van der Waals surface area contributed by atoms with Crippen molar-refractivity contribution in [2.75, 3.05) is 24.4 Å². The van der Waals surface area contributed by atoms with Crippen LogP contribution in [-0.2, 0) is 4.79 Å². The third-order valence-corrected chi connectivity index (χ3v) is 5.82. The maximum absolute atomic E-state index is 13.6. The van der Waals surface area contributed by atoms with Crippen molar-refractivity contribution in [1.82, 2.24) is 5.32 Å². The third kappa shape index (κ3) is 4.68. The number of amides is 1. The summed E-state index contributed by atoms with van der Waals surface area (Å²) in [6.07, 6.45) is 0. The number of hydrogen-bond acceptors (Lipinski definition) is 4. The Labute approximate surface area is 198 Å². The predicted octanol–water partition coefficient (Wildman–Crippen LogP) is 5.05. The van der Waals surface area contributed by atoms with Gasteiger partial charge in [-0.15, -0.1) is 0 Å². The molecule has 0 fully saturated rings. The number of ether oxygens (including phenoxy) is 2. The van der Waals surface area contributed by atoms with Crippen molar-refractivity contribution in [3.05, 3.63) is 95.7 Å². The van der Waals surface area contributed by atoms with Gasteiger partial charge in [0.25, 0.3) is 5.91 Å².